The summed E-state index contributed by atoms with van der Waals surface area (Å²) in [6.07, 6.45) is 1.25. The van der Waals surface area contributed by atoms with Gasteiger partial charge in [-0.3, -0.25) is 4.79 Å². The van der Waals surface area contributed by atoms with Crippen LogP contribution in [0.5, 0.6) is 0 Å². The highest BCUT2D eigenvalue weighted by Gasteiger charge is 2.47. The highest BCUT2D eigenvalue weighted by atomic mass is 19.3. The lowest BCUT2D eigenvalue weighted by Gasteiger charge is -2.35. The zero-order chi connectivity index (χ0) is 21.9. The Hall–Kier alpha value is -3.29. The minimum absolute atomic E-state index is 0.139. The molecule has 0 bridgehead atoms. The SMILES string of the molecule is CN(C)c1ccnc2c1cc(C1CC(F)(F)C1)n2Cc1cc(=O)[nH]c2c(F)cccc12. The van der Waals surface area contributed by atoms with Gasteiger partial charge in [-0.2, -0.15) is 0 Å². The molecule has 1 saturated carbocycles. The maximum absolute atomic E-state index is 14.3. The molecule has 1 aliphatic carbocycles. The number of hydrogen-bond donors (Lipinski definition) is 1. The molecule has 1 aliphatic rings. The lowest BCUT2D eigenvalue weighted by atomic mass is 9.79. The molecule has 0 amide bonds. The third-order valence-electron chi connectivity index (χ3n) is 6.04. The molecule has 1 N–H and O–H groups in total. The molecule has 0 aliphatic heterocycles. The number of fused-ring (bicyclic) bond motifs is 2. The summed E-state index contributed by atoms with van der Waals surface area (Å²) < 4.78 is 43.6. The Kier molecular flexibility index (Phi) is 4.35. The molecular formula is C23H21F3N4O. The molecule has 31 heavy (non-hydrogen) atoms. The van der Waals surface area contributed by atoms with Crippen LogP contribution in [-0.2, 0) is 6.54 Å². The second-order valence-corrected chi connectivity index (χ2v) is 8.40. The monoisotopic (exact) mass is 426 g/mol. The summed E-state index contributed by atoms with van der Waals surface area (Å²) in [5, 5.41) is 1.44. The number of alkyl halides is 2. The number of aromatic nitrogens is 3. The first-order valence-corrected chi connectivity index (χ1v) is 10.1. The van der Waals surface area contributed by atoms with Crippen molar-refractivity contribution in [3.8, 4) is 0 Å². The summed E-state index contributed by atoms with van der Waals surface area (Å²) >= 11 is 0. The third-order valence-corrected chi connectivity index (χ3v) is 6.04. The molecule has 5 nitrogen and oxygen atoms in total. The minimum atomic E-state index is -2.66. The van der Waals surface area contributed by atoms with Crippen LogP contribution in [0.25, 0.3) is 21.9 Å². The average Bonchev–Trinajstić information content (AvgIpc) is 3.05. The van der Waals surface area contributed by atoms with Crippen molar-refractivity contribution >= 4 is 27.6 Å². The van der Waals surface area contributed by atoms with Crippen LogP contribution in [0.2, 0.25) is 0 Å². The van der Waals surface area contributed by atoms with Gasteiger partial charge < -0.3 is 14.5 Å². The van der Waals surface area contributed by atoms with Gasteiger partial charge >= 0.3 is 0 Å². The molecule has 1 fully saturated rings. The zero-order valence-corrected chi connectivity index (χ0v) is 17.1. The predicted octanol–water partition coefficient (Wildman–Crippen LogP) is 4.64. The molecule has 0 radical (unpaired) electrons. The standard InChI is InChI=1S/C23H21F3N4O/c1-29(2)18-6-7-27-22-16(18)9-19(14-10-23(25,26)11-14)30(22)12-13-8-20(31)28-21-15(13)4-3-5-17(21)24/h3-9,14H,10-12H2,1-2H3,(H,28,31). The number of pyridine rings is 2. The van der Waals surface area contributed by atoms with Gasteiger partial charge in [-0.05, 0) is 23.8 Å². The highest BCUT2D eigenvalue weighted by Crippen LogP contribution is 2.49. The molecule has 0 saturated heterocycles. The number of para-hydroxylation sites is 1. The molecule has 0 spiro atoms. The maximum atomic E-state index is 14.3. The van der Waals surface area contributed by atoms with Gasteiger partial charge in [0, 0.05) is 67.3 Å². The Balaban J connectivity index is 1.71. The Labute approximate surface area is 176 Å². The summed E-state index contributed by atoms with van der Waals surface area (Å²) in [6, 6.07) is 9.86. The van der Waals surface area contributed by atoms with E-state index in [4.69, 9.17) is 0 Å². The number of benzene rings is 1. The van der Waals surface area contributed by atoms with Crippen molar-refractivity contribution in [2.24, 2.45) is 0 Å². The molecule has 4 aromatic rings. The van der Waals surface area contributed by atoms with E-state index in [9.17, 15) is 18.0 Å². The van der Waals surface area contributed by atoms with E-state index in [1.54, 1.807) is 18.3 Å². The van der Waals surface area contributed by atoms with Crippen molar-refractivity contribution in [3.63, 3.8) is 0 Å². The van der Waals surface area contributed by atoms with E-state index < -0.39 is 17.3 Å². The largest absolute Gasteiger partial charge is 0.377 e. The van der Waals surface area contributed by atoms with Gasteiger partial charge in [-0.15, -0.1) is 0 Å². The molecule has 160 valence electrons. The van der Waals surface area contributed by atoms with Crippen molar-refractivity contribution in [1.82, 2.24) is 14.5 Å². The normalized spacial score (nSPS) is 16.0. The van der Waals surface area contributed by atoms with Gasteiger partial charge in [0.1, 0.15) is 11.5 Å². The van der Waals surface area contributed by atoms with E-state index in [0.717, 1.165) is 16.8 Å². The molecule has 5 rings (SSSR count). The second-order valence-electron chi connectivity index (χ2n) is 8.40. The van der Waals surface area contributed by atoms with E-state index in [2.05, 4.69) is 9.97 Å². The minimum Gasteiger partial charge on any atom is -0.377 e. The first kappa shape index (κ1) is 19.7. The Bertz CT molecular complexity index is 1360. The molecule has 3 heterocycles. The third kappa shape index (κ3) is 3.26. The topological polar surface area (TPSA) is 53.9 Å². The fraction of sp³-hybridized carbons (Fsp3) is 0.304. The number of H-pyrrole nitrogens is 1. The number of nitrogens with one attached hydrogen (secondary N) is 1. The van der Waals surface area contributed by atoms with Gasteiger partial charge in [0.2, 0.25) is 11.5 Å². The van der Waals surface area contributed by atoms with E-state index in [0.29, 0.717) is 16.6 Å². The number of nitrogens with zero attached hydrogens (tertiary/aromatic N) is 3. The number of anilines is 1. The summed E-state index contributed by atoms with van der Waals surface area (Å²) in [7, 11) is 3.83. The van der Waals surface area contributed by atoms with E-state index in [1.807, 2.05) is 35.7 Å². The number of aromatic amines is 1. The lowest BCUT2D eigenvalue weighted by molar-refractivity contribution is -0.0880. The summed E-state index contributed by atoms with van der Waals surface area (Å²) in [5.74, 6) is -3.48. The molecule has 0 atom stereocenters. The second kappa shape index (κ2) is 6.87. The molecule has 0 unspecified atom stereocenters. The lowest BCUT2D eigenvalue weighted by Crippen LogP contribution is -2.34. The van der Waals surface area contributed by atoms with Crippen LogP contribution in [0, 0.1) is 5.82 Å². The van der Waals surface area contributed by atoms with E-state index >= 15 is 0 Å². The fourth-order valence-corrected chi connectivity index (χ4v) is 4.53. The summed E-state index contributed by atoms with van der Waals surface area (Å²) in [6.45, 7) is 0.231. The maximum Gasteiger partial charge on any atom is 0.249 e. The predicted molar refractivity (Wildman–Crippen MR) is 115 cm³/mol. The fourth-order valence-electron chi connectivity index (χ4n) is 4.53. The summed E-state index contributed by atoms with van der Waals surface area (Å²) in [4.78, 5) is 21.2. The van der Waals surface area contributed by atoms with Crippen molar-refractivity contribution in [1.29, 1.82) is 0 Å². The van der Waals surface area contributed by atoms with Gasteiger partial charge in [0.25, 0.3) is 0 Å². The first-order chi connectivity index (χ1) is 14.7. The highest BCUT2D eigenvalue weighted by molar-refractivity contribution is 5.91. The Morgan fingerprint density at radius 3 is 2.68 bits per heavy atom. The average molecular weight is 426 g/mol. The first-order valence-electron chi connectivity index (χ1n) is 10.1. The van der Waals surface area contributed by atoms with Crippen LogP contribution >= 0.6 is 0 Å². The zero-order valence-electron chi connectivity index (χ0n) is 17.1. The number of rotatable bonds is 4. The van der Waals surface area contributed by atoms with Crippen LogP contribution in [0.1, 0.15) is 30.0 Å². The summed E-state index contributed by atoms with van der Waals surface area (Å²) in [5.41, 5.74) is 2.68. The van der Waals surface area contributed by atoms with Crippen LogP contribution in [0.4, 0.5) is 18.9 Å². The number of hydrogen-bond acceptors (Lipinski definition) is 3. The van der Waals surface area contributed by atoms with E-state index in [-0.39, 0.29) is 30.8 Å². The van der Waals surface area contributed by atoms with Crippen LogP contribution in [-0.4, -0.2) is 34.6 Å². The molecule has 3 aromatic heterocycles. The van der Waals surface area contributed by atoms with Crippen molar-refractivity contribution in [3.05, 3.63) is 70.0 Å². The smallest absolute Gasteiger partial charge is 0.249 e. The van der Waals surface area contributed by atoms with Gasteiger partial charge in [-0.25, -0.2) is 18.2 Å². The van der Waals surface area contributed by atoms with Crippen molar-refractivity contribution in [2.75, 3.05) is 19.0 Å². The van der Waals surface area contributed by atoms with Gasteiger partial charge in [0.05, 0.1) is 12.1 Å². The van der Waals surface area contributed by atoms with Gasteiger partial charge in [0.15, 0.2) is 0 Å². The van der Waals surface area contributed by atoms with Gasteiger partial charge in [-0.1, -0.05) is 12.1 Å². The Morgan fingerprint density at radius 1 is 1.19 bits per heavy atom. The van der Waals surface area contributed by atoms with Crippen LogP contribution in [0.3, 0.4) is 0 Å². The molecular weight excluding hydrogens is 405 g/mol. The van der Waals surface area contributed by atoms with Crippen molar-refractivity contribution < 1.29 is 13.2 Å². The van der Waals surface area contributed by atoms with Crippen LogP contribution < -0.4 is 10.5 Å². The number of halogens is 3. The van der Waals surface area contributed by atoms with E-state index in [1.165, 1.54) is 12.1 Å². The van der Waals surface area contributed by atoms with Crippen LogP contribution in [0.15, 0.2) is 47.4 Å². The Morgan fingerprint density at radius 2 is 1.97 bits per heavy atom. The van der Waals surface area contributed by atoms with Crippen molar-refractivity contribution in [2.45, 2.75) is 31.2 Å². The molecule has 8 heteroatoms. The molecule has 1 aromatic carbocycles. The quantitative estimate of drug-likeness (QED) is 0.517.